The second-order valence-electron chi connectivity index (χ2n) is 3.55. The van der Waals surface area contributed by atoms with Gasteiger partial charge in [0.1, 0.15) is 6.04 Å². The van der Waals surface area contributed by atoms with Crippen molar-refractivity contribution in [2.24, 2.45) is 5.92 Å². The first kappa shape index (κ1) is 11.7. The van der Waals surface area contributed by atoms with Crippen molar-refractivity contribution in [1.82, 2.24) is 5.32 Å². The lowest BCUT2D eigenvalue weighted by Gasteiger charge is -2.23. The molecule has 3 atom stereocenters. The van der Waals surface area contributed by atoms with E-state index in [2.05, 4.69) is 5.32 Å². The summed E-state index contributed by atoms with van der Waals surface area (Å²) in [5, 5.41) is 11.5. The van der Waals surface area contributed by atoms with Crippen molar-refractivity contribution in [3.05, 3.63) is 0 Å². The predicted molar refractivity (Wildman–Crippen MR) is 49.0 cm³/mol. The van der Waals surface area contributed by atoms with Gasteiger partial charge in [0.25, 0.3) is 0 Å². The molecule has 0 saturated carbocycles. The molecule has 0 amide bonds. The minimum absolute atomic E-state index is 0.489. The lowest BCUT2D eigenvalue weighted by molar-refractivity contribution is -0.140. The summed E-state index contributed by atoms with van der Waals surface area (Å²) in [4.78, 5) is 28.6. The van der Waals surface area contributed by atoms with Crippen LogP contribution in [0.1, 0.15) is 13.3 Å². The van der Waals surface area contributed by atoms with Gasteiger partial charge < -0.3 is 20.2 Å². The number of hydrogen-bond acceptors (Lipinski definition) is 3. The van der Waals surface area contributed by atoms with Gasteiger partial charge in [0.05, 0.1) is 5.66 Å². The first-order valence-corrected chi connectivity index (χ1v) is 6.03. The topological polar surface area (TPSA) is 107 Å². The number of nitrogens with one attached hydrogen (secondary N) is 1. The molecule has 7 heteroatoms. The molecule has 0 bridgehead atoms. The van der Waals surface area contributed by atoms with E-state index in [0.717, 1.165) is 0 Å². The number of hydrogen-bond donors (Lipinski definition) is 4. The van der Waals surface area contributed by atoms with E-state index < -0.39 is 31.2 Å². The Morgan fingerprint density at radius 3 is 2.57 bits per heavy atom. The molecule has 0 spiro atoms. The molecule has 1 heterocycles. The van der Waals surface area contributed by atoms with Crippen LogP contribution < -0.4 is 5.32 Å². The minimum atomic E-state index is -4.19. The maximum absolute atomic E-state index is 11.0. The summed E-state index contributed by atoms with van der Waals surface area (Å²) in [6.45, 7) is 1.89. The number of carboxylic acid groups (broad SMARTS) is 1. The summed E-state index contributed by atoms with van der Waals surface area (Å²) in [6, 6.07) is -0.836. The second kappa shape index (κ2) is 3.98. The van der Waals surface area contributed by atoms with E-state index in [4.69, 9.17) is 14.9 Å². The highest BCUT2D eigenvalue weighted by molar-refractivity contribution is 7.52. The quantitative estimate of drug-likeness (QED) is 0.486. The van der Waals surface area contributed by atoms with Crippen LogP contribution >= 0.6 is 7.60 Å². The zero-order valence-electron chi connectivity index (χ0n) is 7.75. The first-order valence-electron chi connectivity index (χ1n) is 4.35. The molecule has 82 valence electrons. The Balaban J connectivity index is 2.77. The molecule has 1 aliphatic rings. The lowest BCUT2D eigenvalue weighted by Crippen LogP contribution is -2.39. The molecule has 1 saturated heterocycles. The standard InChI is InChI=1S/C7H14NO5P/c1-4(14(11,12)13)5-2-3-8-6(5)7(9)10/h4-6,8H,2-3H2,1H3,(H,9,10)(H2,11,12,13). The van der Waals surface area contributed by atoms with Crippen molar-refractivity contribution in [2.45, 2.75) is 25.0 Å². The van der Waals surface area contributed by atoms with Crippen molar-refractivity contribution >= 4 is 13.6 Å². The molecule has 1 rings (SSSR count). The average Bonchev–Trinajstić information content (AvgIpc) is 2.48. The predicted octanol–water partition coefficient (Wildman–Crippen LogP) is -0.385. The summed E-state index contributed by atoms with van der Waals surface area (Å²) in [7, 11) is -4.19. The van der Waals surface area contributed by atoms with Crippen LogP contribution in [0.15, 0.2) is 0 Å². The molecule has 14 heavy (non-hydrogen) atoms. The smallest absolute Gasteiger partial charge is 0.328 e. The summed E-state index contributed by atoms with van der Waals surface area (Å²) >= 11 is 0. The van der Waals surface area contributed by atoms with Gasteiger partial charge in [0, 0.05) is 0 Å². The van der Waals surface area contributed by atoms with Gasteiger partial charge >= 0.3 is 13.6 Å². The molecule has 0 radical (unpaired) electrons. The zero-order chi connectivity index (χ0) is 10.9. The van der Waals surface area contributed by atoms with Crippen molar-refractivity contribution in [3.8, 4) is 0 Å². The molecule has 6 nitrogen and oxygen atoms in total. The highest BCUT2D eigenvalue weighted by Crippen LogP contribution is 2.47. The van der Waals surface area contributed by atoms with Gasteiger partial charge in [0.2, 0.25) is 0 Å². The average molecular weight is 223 g/mol. The fourth-order valence-electron chi connectivity index (χ4n) is 1.76. The van der Waals surface area contributed by atoms with Crippen LogP contribution in [0.4, 0.5) is 0 Å². The van der Waals surface area contributed by atoms with Gasteiger partial charge in [-0.05, 0) is 18.9 Å². The maximum atomic E-state index is 11.0. The van der Waals surface area contributed by atoms with Crippen molar-refractivity contribution in [1.29, 1.82) is 0 Å². The SMILES string of the molecule is CC(C1CCNC1C(=O)O)P(=O)(O)O. The van der Waals surface area contributed by atoms with Crippen LogP contribution in [0.25, 0.3) is 0 Å². The Bertz CT molecular complexity index is 275. The Morgan fingerprint density at radius 2 is 2.14 bits per heavy atom. The van der Waals surface area contributed by atoms with Crippen LogP contribution in [0, 0.1) is 5.92 Å². The number of rotatable bonds is 3. The van der Waals surface area contributed by atoms with E-state index in [-0.39, 0.29) is 0 Å². The Labute approximate surface area is 81.5 Å². The van der Waals surface area contributed by atoms with Gasteiger partial charge in [-0.2, -0.15) is 0 Å². The third-order valence-corrected chi connectivity index (χ3v) is 4.13. The number of carboxylic acids is 1. The zero-order valence-corrected chi connectivity index (χ0v) is 8.65. The molecule has 3 unspecified atom stereocenters. The summed E-state index contributed by atoms with van der Waals surface area (Å²) in [6.07, 6.45) is 0.489. The molecule has 1 fully saturated rings. The van der Waals surface area contributed by atoms with Crippen molar-refractivity contribution in [3.63, 3.8) is 0 Å². The molecule has 0 aromatic carbocycles. The van der Waals surface area contributed by atoms with E-state index in [1.54, 1.807) is 0 Å². The summed E-state index contributed by atoms with van der Waals surface area (Å²) in [5.74, 6) is -1.54. The third kappa shape index (κ3) is 2.33. The van der Waals surface area contributed by atoms with Crippen LogP contribution in [-0.2, 0) is 9.36 Å². The molecular weight excluding hydrogens is 209 g/mol. The third-order valence-electron chi connectivity index (χ3n) is 2.69. The van der Waals surface area contributed by atoms with E-state index >= 15 is 0 Å². The summed E-state index contributed by atoms with van der Waals surface area (Å²) in [5.41, 5.74) is -0.904. The van der Waals surface area contributed by atoms with Gasteiger partial charge in [-0.25, -0.2) is 0 Å². The van der Waals surface area contributed by atoms with E-state index in [1.807, 2.05) is 0 Å². The van der Waals surface area contributed by atoms with E-state index in [9.17, 15) is 9.36 Å². The van der Waals surface area contributed by atoms with Gasteiger partial charge in [-0.3, -0.25) is 9.36 Å². The van der Waals surface area contributed by atoms with Gasteiger partial charge in [-0.1, -0.05) is 6.92 Å². The van der Waals surface area contributed by atoms with E-state index in [1.165, 1.54) is 6.92 Å². The lowest BCUT2D eigenvalue weighted by atomic mass is 9.97. The molecule has 0 aromatic heterocycles. The summed E-state index contributed by atoms with van der Waals surface area (Å²) < 4.78 is 11.0. The first-order chi connectivity index (χ1) is 6.34. The Kier molecular flexibility index (Phi) is 3.32. The Hall–Kier alpha value is -0.420. The van der Waals surface area contributed by atoms with E-state index in [0.29, 0.717) is 13.0 Å². The van der Waals surface area contributed by atoms with Crippen molar-refractivity contribution < 1.29 is 24.3 Å². The fourth-order valence-corrected chi connectivity index (χ4v) is 2.58. The number of aliphatic carboxylic acids is 1. The molecule has 4 N–H and O–H groups in total. The monoisotopic (exact) mass is 223 g/mol. The van der Waals surface area contributed by atoms with Gasteiger partial charge in [0.15, 0.2) is 0 Å². The van der Waals surface area contributed by atoms with Crippen LogP contribution in [0.3, 0.4) is 0 Å². The molecule has 0 aromatic rings. The molecular formula is C7H14NO5P. The minimum Gasteiger partial charge on any atom is -0.480 e. The highest BCUT2D eigenvalue weighted by atomic mass is 31.2. The van der Waals surface area contributed by atoms with Gasteiger partial charge in [-0.15, -0.1) is 0 Å². The second-order valence-corrected chi connectivity index (χ2v) is 5.54. The molecule has 1 aliphatic heterocycles. The van der Waals surface area contributed by atoms with Crippen LogP contribution in [0.5, 0.6) is 0 Å². The van der Waals surface area contributed by atoms with Crippen molar-refractivity contribution in [2.75, 3.05) is 6.54 Å². The molecule has 0 aliphatic carbocycles. The largest absolute Gasteiger partial charge is 0.480 e. The fraction of sp³-hybridized carbons (Fsp3) is 0.857. The maximum Gasteiger partial charge on any atom is 0.328 e. The normalized spacial score (nSPS) is 30.2. The highest BCUT2D eigenvalue weighted by Gasteiger charge is 2.42. The Morgan fingerprint density at radius 1 is 1.57 bits per heavy atom. The van der Waals surface area contributed by atoms with Crippen LogP contribution in [-0.4, -0.2) is 39.1 Å². The van der Waals surface area contributed by atoms with Crippen LogP contribution in [0.2, 0.25) is 0 Å². The number of carbonyl (C=O) groups is 1.